The lowest BCUT2D eigenvalue weighted by atomic mass is 10.1. The maximum absolute atomic E-state index is 12.7. The average Bonchev–Trinajstić information content (AvgIpc) is 3.45. The molecule has 5 nitrogen and oxygen atoms in total. The molecule has 0 spiro atoms. The third-order valence-electron chi connectivity index (χ3n) is 5.45. The van der Waals surface area contributed by atoms with E-state index in [1.54, 1.807) is 48.5 Å². The number of nitrogens with one attached hydrogen (secondary N) is 1. The summed E-state index contributed by atoms with van der Waals surface area (Å²) >= 11 is 12.4. The summed E-state index contributed by atoms with van der Waals surface area (Å²) in [4.78, 5) is 17.2. The first-order chi connectivity index (χ1) is 15.9. The van der Waals surface area contributed by atoms with Crippen molar-refractivity contribution in [1.29, 1.82) is 0 Å². The highest BCUT2D eigenvalue weighted by Gasteiger charge is 2.16. The van der Waals surface area contributed by atoms with Gasteiger partial charge in [-0.15, -0.1) is 0 Å². The first kappa shape index (κ1) is 21.3. The Morgan fingerprint density at radius 1 is 0.909 bits per heavy atom. The number of carbonyl (C=O) groups excluding carboxylic acids is 1. The van der Waals surface area contributed by atoms with Crippen molar-refractivity contribution >= 4 is 45.9 Å². The number of furan rings is 1. The zero-order valence-electron chi connectivity index (χ0n) is 17.8. The van der Waals surface area contributed by atoms with E-state index in [1.807, 2.05) is 25.1 Å². The first-order valence-electron chi connectivity index (χ1n) is 10.2. The van der Waals surface area contributed by atoms with Crippen LogP contribution in [0.4, 0.5) is 5.69 Å². The van der Waals surface area contributed by atoms with Gasteiger partial charge in [-0.1, -0.05) is 41.4 Å². The Morgan fingerprint density at radius 3 is 2.58 bits per heavy atom. The molecule has 2 aromatic heterocycles. The minimum Gasteiger partial charge on any atom is -0.451 e. The van der Waals surface area contributed by atoms with Gasteiger partial charge in [-0.25, -0.2) is 4.98 Å². The van der Waals surface area contributed by atoms with Crippen LogP contribution in [-0.2, 0) is 0 Å². The van der Waals surface area contributed by atoms with Gasteiger partial charge in [0.1, 0.15) is 11.3 Å². The largest absolute Gasteiger partial charge is 0.451 e. The van der Waals surface area contributed by atoms with Gasteiger partial charge in [0.05, 0.1) is 15.6 Å². The summed E-state index contributed by atoms with van der Waals surface area (Å²) in [6.45, 7) is 4.10. The van der Waals surface area contributed by atoms with Gasteiger partial charge in [0.2, 0.25) is 5.89 Å². The molecule has 1 amide bonds. The molecule has 0 saturated heterocycles. The molecular weight excluding hydrogens is 459 g/mol. The second kappa shape index (κ2) is 8.43. The van der Waals surface area contributed by atoms with Crippen molar-refractivity contribution in [2.45, 2.75) is 13.8 Å². The van der Waals surface area contributed by atoms with E-state index in [9.17, 15) is 4.79 Å². The summed E-state index contributed by atoms with van der Waals surface area (Å²) in [7, 11) is 0. The molecule has 0 atom stereocenters. The molecular formula is C26H18Cl2N2O3. The van der Waals surface area contributed by atoms with Crippen LogP contribution in [0.5, 0.6) is 0 Å². The van der Waals surface area contributed by atoms with Gasteiger partial charge < -0.3 is 14.2 Å². The molecule has 0 fully saturated rings. The number of aromatic nitrogens is 1. The molecule has 0 aliphatic heterocycles. The van der Waals surface area contributed by atoms with Crippen molar-refractivity contribution in [2.75, 3.05) is 5.32 Å². The number of benzene rings is 3. The maximum atomic E-state index is 12.7. The number of rotatable bonds is 4. The molecule has 164 valence electrons. The second-order valence-electron chi connectivity index (χ2n) is 7.72. The van der Waals surface area contributed by atoms with Crippen LogP contribution in [0.25, 0.3) is 33.9 Å². The number of hydrogen-bond acceptors (Lipinski definition) is 4. The summed E-state index contributed by atoms with van der Waals surface area (Å²) in [6.07, 6.45) is 0. The number of amides is 1. The Labute approximate surface area is 200 Å². The van der Waals surface area contributed by atoms with E-state index >= 15 is 0 Å². The van der Waals surface area contributed by atoms with Gasteiger partial charge in [0.15, 0.2) is 11.3 Å². The summed E-state index contributed by atoms with van der Waals surface area (Å²) in [6, 6.07) is 20.0. The minimum atomic E-state index is -0.356. The lowest BCUT2D eigenvalue weighted by molar-refractivity contribution is 0.0997. The fourth-order valence-electron chi connectivity index (χ4n) is 3.49. The molecule has 3 aromatic carbocycles. The fraction of sp³-hybridized carbons (Fsp3) is 0.0769. The standard InChI is InChI=1S/C26H18Cl2N2O3/c1-14-6-7-16(12-15(14)2)21-10-11-23(32-21)25(31)29-17-8-9-22-20(13-17)30-26(33-22)18-4-3-5-19(27)24(18)28/h3-13H,1-2H3,(H,29,31). The summed E-state index contributed by atoms with van der Waals surface area (Å²) in [5, 5.41) is 3.63. The van der Waals surface area contributed by atoms with E-state index in [0.717, 1.165) is 11.1 Å². The average molecular weight is 477 g/mol. The Bertz CT molecular complexity index is 1520. The van der Waals surface area contributed by atoms with Crippen molar-refractivity contribution in [3.63, 3.8) is 0 Å². The molecule has 5 aromatic rings. The predicted molar refractivity (Wildman–Crippen MR) is 131 cm³/mol. The first-order valence-corrected chi connectivity index (χ1v) is 11.0. The lowest BCUT2D eigenvalue weighted by Gasteiger charge is -2.04. The van der Waals surface area contributed by atoms with E-state index < -0.39 is 0 Å². The van der Waals surface area contributed by atoms with Crippen LogP contribution in [-0.4, -0.2) is 10.9 Å². The number of oxazole rings is 1. The Hall–Kier alpha value is -3.54. The third kappa shape index (κ3) is 4.13. The number of halogens is 2. The summed E-state index contributed by atoms with van der Waals surface area (Å²) in [5.41, 5.74) is 5.59. The van der Waals surface area contributed by atoms with Crippen molar-refractivity contribution in [3.8, 4) is 22.8 Å². The van der Waals surface area contributed by atoms with Gasteiger partial charge >= 0.3 is 0 Å². The molecule has 33 heavy (non-hydrogen) atoms. The zero-order valence-corrected chi connectivity index (χ0v) is 19.3. The zero-order chi connectivity index (χ0) is 23.1. The van der Waals surface area contributed by atoms with Crippen LogP contribution >= 0.6 is 23.2 Å². The monoisotopic (exact) mass is 476 g/mol. The number of aryl methyl sites for hydroxylation is 2. The summed E-state index contributed by atoms with van der Waals surface area (Å²) in [5.74, 6) is 0.851. The van der Waals surface area contributed by atoms with Crippen LogP contribution < -0.4 is 5.32 Å². The number of nitrogens with zero attached hydrogens (tertiary/aromatic N) is 1. The topological polar surface area (TPSA) is 68.3 Å². The highest BCUT2D eigenvalue weighted by Crippen LogP contribution is 2.35. The lowest BCUT2D eigenvalue weighted by Crippen LogP contribution is -2.10. The van der Waals surface area contributed by atoms with Crippen LogP contribution in [0.3, 0.4) is 0 Å². The van der Waals surface area contributed by atoms with Gasteiger partial charge in [-0.3, -0.25) is 4.79 Å². The number of anilines is 1. The molecule has 0 unspecified atom stereocenters. The number of fused-ring (bicyclic) bond motifs is 1. The van der Waals surface area contributed by atoms with Crippen LogP contribution in [0.15, 0.2) is 75.6 Å². The summed E-state index contributed by atoms with van der Waals surface area (Å²) < 4.78 is 11.6. The molecule has 2 heterocycles. The molecule has 0 radical (unpaired) electrons. The number of carbonyl (C=O) groups is 1. The van der Waals surface area contributed by atoms with Gasteiger partial charge in [-0.05, 0) is 73.5 Å². The number of hydrogen-bond donors (Lipinski definition) is 1. The quantitative estimate of drug-likeness (QED) is 0.285. The van der Waals surface area contributed by atoms with Gasteiger partial charge in [0.25, 0.3) is 5.91 Å². The smallest absolute Gasteiger partial charge is 0.291 e. The minimum absolute atomic E-state index is 0.217. The second-order valence-corrected chi connectivity index (χ2v) is 8.51. The predicted octanol–water partition coefficient (Wildman–Crippen LogP) is 7.93. The van der Waals surface area contributed by atoms with E-state index in [0.29, 0.717) is 44.0 Å². The molecule has 0 aliphatic carbocycles. The molecule has 1 N–H and O–H groups in total. The highest BCUT2D eigenvalue weighted by atomic mass is 35.5. The fourth-order valence-corrected chi connectivity index (χ4v) is 3.87. The van der Waals surface area contributed by atoms with Crippen LogP contribution in [0.1, 0.15) is 21.7 Å². The van der Waals surface area contributed by atoms with E-state index in [1.165, 1.54) is 5.56 Å². The molecule has 5 rings (SSSR count). The molecule has 7 heteroatoms. The third-order valence-corrected chi connectivity index (χ3v) is 6.27. The Kier molecular flexibility index (Phi) is 5.44. The van der Waals surface area contributed by atoms with Crippen LogP contribution in [0, 0.1) is 13.8 Å². The Balaban J connectivity index is 1.38. The van der Waals surface area contributed by atoms with Gasteiger partial charge in [0, 0.05) is 11.3 Å². The molecule has 0 bridgehead atoms. The Morgan fingerprint density at radius 2 is 1.76 bits per heavy atom. The van der Waals surface area contributed by atoms with Crippen molar-refractivity contribution in [1.82, 2.24) is 4.98 Å². The van der Waals surface area contributed by atoms with Crippen molar-refractivity contribution in [2.24, 2.45) is 0 Å². The molecule has 0 aliphatic rings. The van der Waals surface area contributed by atoms with Crippen molar-refractivity contribution < 1.29 is 13.6 Å². The highest BCUT2D eigenvalue weighted by molar-refractivity contribution is 6.43. The molecule has 0 saturated carbocycles. The van der Waals surface area contributed by atoms with E-state index in [2.05, 4.69) is 17.2 Å². The van der Waals surface area contributed by atoms with Gasteiger partial charge in [-0.2, -0.15) is 0 Å². The maximum Gasteiger partial charge on any atom is 0.291 e. The van der Waals surface area contributed by atoms with E-state index in [4.69, 9.17) is 32.0 Å². The SMILES string of the molecule is Cc1ccc(-c2ccc(C(=O)Nc3ccc4oc(-c5cccc(Cl)c5Cl)nc4c3)o2)cc1C. The van der Waals surface area contributed by atoms with Crippen LogP contribution in [0.2, 0.25) is 10.0 Å². The normalized spacial score (nSPS) is 11.2. The van der Waals surface area contributed by atoms with Crippen molar-refractivity contribution in [3.05, 3.63) is 93.7 Å². The van der Waals surface area contributed by atoms with E-state index in [-0.39, 0.29) is 11.7 Å².